The Labute approximate surface area is 241 Å². The number of hydrogen-bond donors (Lipinski definition) is 1. The minimum Gasteiger partial charge on any atom is -0.507 e. The Bertz CT molecular complexity index is 1150. The molecule has 2 aromatic carbocycles. The van der Waals surface area contributed by atoms with Gasteiger partial charge in [0.15, 0.2) is 0 Å². The van der Waals surface area contributed by atoms with E-state index in [1.807, 2.05) is 13.0 Å². The van der Waals surface area contributed by atoms with Crippen LogP contribution in [0.5, 0.6) is 11.5 Å². The minimum absolute atomic E-state index is 0.0130. The monoisotopic (exact) mass is 534 g/mol. The van der Waals surface area contributed by atoms with Crippen molar-refractivity contribution in [3.63, 3.8) is 0 Å². The molecule has 0 radical (unpaired) electrons. The molecule has 0 spiro atoms. The van der Waals surface area contributed by atoms with Crippen molar-refractivity contribution < 1.29 is 9.84 Å². The van der Waals surface area contributed by atoms with E-state index in [9.17, 15) is 5.11 Å². The Morgan fingerprint density at radius 1 is 0.692 bits per heavy atom. The number of aromatic hydroxyl groups is 1. The summed E-state index contributed by atoms with van der Waals surface area (Å²) in [5.74, 6) is 1.37. The van der Waals surface area contributed by atoms with E-state index in [-0.39, 0.29) is 27.8 Å². The fourth-order valence-electron chi connectivity index (χ4n) is 4.82. The van der Waals surface area contributed by atoms with Crippen LogP contribution >= 0.6 is 0 Å². The van der Waals surface area contributed by atoms with Gasteiger partial charge in [0, 0.05) is 17.5 Å². The lowest BCUT2D eigenvalue weighted by Gasteiger charge is -2.33. The van der Waals surface area contributed by atoms with E-state index < -0.39 is 0 Å². The van der Waals surface area contributed by atoms with Gasteiger partial charge in [-0.05, 0) is 76.5 Å². The summed E-state index contributed by atoms with van der Waals surface area (Å²) in [7, 11) is 0. The maximum atomic E-state index is 11.8. The van der Waals surface area contributed by atoms with Crippen LogP contribution in [0.15, 0.2) is 36.9 Å². The van der Waals surface area contributed by atoms with Gasteiger partial charge in [0.05, 0.1) is 0 Å². The molecule has 2 nitrogen and oxygen atoms in total. The molecular weight excluding hydrogens is 476 g/mol. The fraction of sp³-hybridized carbons (Fsp3) is 0.622. The van der Waals surface area contributed by atoms with Crippen LogP contribution in [0.25, 0.3) is 0 Å². The van der Waals surface area contributed by atoms with Crippen LogP contribution in [0.2, 0.25) is 0 Å². The van der Waals surface area contributed by atoms with Crippen LogP contribution < -0.4 is 4.74 Å². The molecule has 2 heteroatoms. The van der Waals surface area contributed by atoms with Crippen molar-refractivity contribution in [2.75, 3.05) is 0 Å². The van der Waals surface area contributed by atoms with E-state index in [1.54, 1.807) is 0 Å². The molecule has 0 bridgehead atoms. The number of hydrogen-bond acceptors (Lipinski definition) is 2. The Morgan fingerprint density at radius 2 is 1.10 bits per heavy atom. The molecule has 0 heterocycles. The van der Waals surface area contributed by atoms with E-state index in [4.69, 9.17) is 4.74 Å². The highest BCUT2D eigenvalue weighted by atomic mass is 16.5. The van der Waals surface area contributed by atoms with E-state index in [0.717, 1.165) is 48.1 Å². The molecule has 39 heavy (non-hydrogen) atoms. The number of ether oxygens (including phenoxy) is 1. The largest absolute Gasteiger partial charge is 0.507 e. The third-order valence-electron chi connectivity index (χ3n) is 9.93. The summed E-state index contributed by atoms with van der Waals surface area (Å²) in [6, 6.07) is 9.22. The van der Waals surface area contributed by atoms with Crippen molar-refractivity contribution in [2.45, 2.75) is 150 Å². The smallest absolute Gasteiger partial charge is 0.127 e. The zero-order chi connectivity index (χ0) is 30.0. The summed E-state index contributed by atoms with van der Waals surface area (Å²) < 4.78 is 6.67. The highest BCUT2D eigenvalue weighted by Crippen LogP contribution is 2.45. The molecular formula is C37H58O2. The van der Waals surface area contributed by atoms with Crippen LogP contribution in [0.3, 0.4) is 0 Å². The van der Waals surface area contributed by atoms with Crippen molar-refractivity contribution in [3.8, 4) is 11.5 Å². The van der Waals surface area contributed by atoms with Gasteiger partial charge < -0.3 is 9.84 Å². The lowest BCUT2D eigenvalue weighted by atomic mass is 9.73. The minimum atomic E-state index is -0.128. The standard InChI is InChI=1S/C37H58O2/c1-15-25(6)39-33-27(22-29(35(9,10)17-3)24-31(33)37(13,14)19-5)20-26-21-28(34(7,8)16-2)23-30(32(26)38)36(11,12)18-4/h15,21-25,38H,1,16-20H2,2-14H3. The fourth-order valence-corrected chi connectivity index (χ4v) is 4.82. The van der Waals surface area contributed by atoms with Crippen LogP contribution in [-0.4, -0.2) is 11.2 Å². The molecule has 0 aliphatic heterocycles. The first kappa shape index (κ1) is 33.0. The highest BCUT2D eigenvalue weighted by Gasteiger charge is 2.32. The summed E-state index contributed by atoms with van der Waals surface area (Å²) in [5.41, 5.74) is 6.87. The second-order valence-corrected chi connectivity index (χ2v) is 14.2. The summed E-state index contributed by atoms with van der Waals surface area (Å²) in [4.78, 5) is 0. The van der Waals surface area contributed by atoms with Gasteiger partial charge in [-0.15, -0.1) is 0 Å². The summed E-state index contributed by atoms with van der Waals surface area (Å²) >= 11 is 0. The Hall–Kier alpha value is -2.22. The number of phenols is 1. The van der Waals surface area contributed by atoms with Crippen LogP contribution in [-0.2, 0) is 28.1 Å². The molecule has 1 N–H and O–H groups in total. The number of rotatable bonds is 13. The van der Waals surface area contributed by atoms with Gasteiger partial charge >= 0.3 is 0 Å². The second kappa shape index (κ2) is 12.1. The predicted octanol–water partition coefficient (Wildman–Crippen LogP) is 10.7. The second-order valence-electron chi connectivity index (χ2n) is 14.2. The first-order valence-corrected chi connectivity index (χ1v) is 15.2. The number of benzene rings is 2. The lowest BCUT2D eigenvalue weighted by molar-refractivity contribution is 0.259. The summed E-state index contributed by atoms with van der Waals surface area (Å²) in [6.45, 7) is 33.4. The normalized spacial score (nSPS) is 13.9. The molecule has 1 unspecified atom stereocenters. The van der Waals surface area contributed by atoms with Crippen molar-refractivity contribution in [3.05, 3.63) is 70.3 Å². The third kappa shape index (κ3) is 7.11. The maximum Gasteiger partial charge on any atom is 0.127 e. The summed E-state index contributed by atoms with van der Waals surface area (Å²) in [6.07, 6.45) is 6.39. The predicted molar refractivity (Wildman–Crippen MR) is 171 cm³/mol. The molecule has 0 saturated heterocycles. The Kier molecular flexibility index (Phi) is 10.2. The van der Waals surface area contributed by atoms with Gasteiger partial charge in [0.25, 0.3) is 0 Å². The molecule has 0 amide bonds. The van der Waals surface area contributed by atoms with Crippen LogP contribution in [0.4, 0.5) is 0 Å². The molecule has 0 fully saturated rings. The Balaban J connectivity index is 2.99. The number of phenolic OH excluding ortho intramolecular Hbond substituents is 1. The molecule has 2 aromatic rings. The van der Waals surface area contributed by atoms with E-state index in [0.29, 0.717) is 12.2 Å². The van der Waals surface area contributed by atoms with Gasteiger partial charge in [-0.3, -0.25) is 0 Å². The topological polar surface area (TPSA) is 29.5 Å². The van der Waals surface area contributed by atoms with Gasteiger partial charge in [0.2, 0.25) is 0 Å². The molecule has 0 aliphatic rings. The zero-order valence-corrected chi connectivity index (χ0v) is 27.6. The van der Waals surface area contributed by atoms with E-state index >= 15 is 0 Å². The van der Waals surface area contributed by atoms with Crippen molar-refractivity contribution >= 4 is 0 Å². The summed E-state index contributed by atoms with van der Waals surface area (Å²) in [5, 5.41) is 11.8. The van der Waals surface area contributed by atoms with Gasteiger partial charge in [0.1, 0.15) is 17.6 Å². The lowest BCUT2D eigenvalue weighted by Crippen LogP contribution is -2.24. The quantitative estimate of drug-likeness (QED) is 0.259. The van der Waals surface area contributed by atoms with Crippen molar-refractivity contribution in [2.24, 2.45) is 0 Å². The molecule has 0 aromatic heterocycles. The van der Waals surface area contributed by atoms with Crippen LogP contribution in [0.1, 0.15) is 149 Å². The third-order valence-corrected chi connectivity index (χ3v) is 9.93. The maximum absolute atomic E-state index is 11.8. The van der Waals surface area contributed by atoms with Crippen molar-refractivity contribution in [1.82, 2.24) is 0 Å². The molecule has 0 aliphatic carbocycles. The highest BCUT2D eigenvalue weighted by molar-refractivity contribution is 5.55. The Morgan fingerprint density at radius 3 is 1.54 bits per heavy atom. The van der Waals surface area contributed by atoms with Crippen LogP contribution in [0, 0.1) is 0 Å². The molecule has 218 valence electrons. The van der Waals surface area contributed by atoms with E-state index in [2.05, 4.69) is 114 Å². The average molecular weight is 535 g/mol. The molecule has 1 atom stereocenters. The van der Waals surface area contributed by atoms with Gasteiger partial charge in [-0.1, -0.05) is 120 Å². The SMILES string of the molecule is C=CC(C)Oc1c(Cc2cc(C(C)(C)CC)cc(C(C)(C)CC)c2O)cc(C(C)(C)CC)cc1C(C)(C)CC. The first-order chi connectivity index (χ1) is 17.9. The van der Waals surface area contributed by atoms with Gasteiger partial charge in [-0.2, -0.15) is 0 Å². The van der Waals surface area contributed by atoms with Crippen molar-refractivity contribution in [1.29, 1.82) is 0 Å². The zero-order valence-electron chi connectivity index (χ0n) is 27.6. The first-order valence-electron chi connectivity index (χ1n) is 15.2. The molecule has 0 saturated carbocycles. The van der Waals surface area contributed by atoms with Gasteiger partial charge in [-0.25, -0.2) is 0 Å². The van der Waals surface area contributed by atoms with E-state index in [1.165, 1.54) is 16.7 Å². The average Bonchev–Trinajstić information content (AvgIpc) is 2.89. The molecule has 2 rings (SSSR count).